The van der Waals surface area contributed by atoms with Gasteiger partial charge in [0.1, 0.15) is 30.4 Å². The Morgan fingerprint density at radius 2 is 1.94 bits per heavy atom. The SMILES string of the molecule is O=c1ccc2ncc(F)c3c2n1C[C@]3(O)CN1CCC(Nc2cc3c(cn2)OCCO3)CC1. The first-order chi connectivity index (χ1) is 16.0. The van der Waals surface area contributed by atoms with Crippen LogP contribution in [0, 0.1) is 5.82 Å². The van der Waals surface area contributed by atoms with Crippen LogP contribution in [0.5, 0.6) is 11.5 Å². The Hall–Kier alpha value is -3.24. The first kappa shape index (κ1) is 20.4. The first-order valence-electron chi connectivity index (χ1n) is 11.2. The van der Waals surface area contributed by atoms with E-state index < -0.39 is 11.4 Å². The third-order valence-electron chi connectivity index (χ3n) is 6.69. The summed E-state index contributed by atoms with van der Waals surface area (Å²) < 4.78 is 27.3. The molecule has 0 amide bonds. The largest absolute Gasteiger partial charge is 0.486 e. The van der Waals surface area contributed by atoms with E-state index in [1.807, 2.05) is 6.07 Å². The summed E-state index contributed by atoms with van der Waals surface area (Å²) in [5.41, 5.74) is -0.660. The van der Waals surface area contributed by atoms with E-state index in [2.05, 4.69) is 20.2 Å². The molecule has 1 saturated heterocycles. The molecule has 172 valence electrons. The number of aliphatic hydroxyl groups is 1. The maximum Gasteiger partial charge on any atom is 0.251 e. The topological polar surface area (TPSA) is 102 Å². The Kier molecular flexibility index (Phi) is 4.73. The molecule has 10 heteroatoms. The van der Waals surface area contributed by atoms with Gasteiger partial charge < -0.3 is 24.5 Å². The molecule has 3 aliphatic rings. The van der Waals surface area contributed by atoms with E-state index in [9.17, 15) is 14.3 Å². The van der Waals surface area contributed by atoms with Crippen LogP contribution in [-0.4, -0.2) is 63.4 Å². The smallest absolute Gasteiger partial charge is 0.251 e. The van der Waals surface area contributed by atoms with Crippen LogP contribution in [0.4, 0.5) is 10.2 Å². The highest BCUT2D eigenvalue weighted by Crippen LogP contribution is 2.38. The quantitative estimate of drug-likeness (QED) is 0.613. The van der Waals surface area contributed by atoms with Gasteiger partial charge >= 0.3 is 0 Å². The number of nitrogens with one attached hydrogen (secondary N) is 1. The molecule has 6 rings (SSSR count). The van der Waals surface area contributed by atoms with Crippen molar-refractivity contribution in [2.24, 2.45) is 0 Å². The van der Waals surface area contributed by atoms with Crippen LogP contribution in [0.25, 0.3) is 11.0 Å². The van der Waals surface area contributed by atoms with Crippen molar-refractivity contribution in [3.63, 3.8) is 0 Å². The van der Waals surface area contributed by atoms with Crippen molar-refractivity contribution in [2.45, 2.75) is 31.0 Å². The van der Waals surface area contributed by atoms with E-state index in [1.54, 1.807) is 12.3 Å². The number of fused-ring (bicyclic) bond motifs is 1. The summed E-state index contributed by atoms with van der Waals surface area (Å²) >= 11 is 0. The molecular formula is C23H24FN5O4. The van der Waals surface area contributed by atoms with Crippen LogP contribution in [0.1, 0.15) is 18.4 Å². The number of hydrogen-bond donors (Lipinski definition) is 2. The average molecular weight is 453 g/mol. The van der Waals surface area contributed by atoms with Crippen molar-refractivity contribution in [2.75, 3.05) is 38.2 Å². The average Bonchev–Trinajstić information content (AvgIpc) is 3.14. The van der Waals surface area contributed by atoms with Gasteiger partial charge in [-0.3, -0.25) is 14.7 Å². The number of halogens is 1. The number of likely N-dealkylation sites (tertiary alicyclic amines) is 1. The molecule has 1 atom stereocenters. The number of aromatic nitrogens is 3. The second-order valence-corrected chi connectivity index (χ2v) is 8.91. The molecule has 3 aliphatic heterocycles. The molecule has 0 bridgehead atoms. The number of anilines is 1. The predicted molar refractivity (Wildman–Crippen MR) is 118 cm³/mol. The summed E-state index contributed by atoms with van der Waals surface area (Å²) in [5.74, 6) is 1.51. The lowest BCUT2D eigenvalue weighted by Crippen LogP contribution is -2.47. The van der Waals surface area contributed by atoms with Crippen molar-refractivity contribution in [1.29, 1.82) is 0 Å². The zero-order valence-electron chi connectivity index (χ0n) is 18.0. The fourth-order valence-electron chi connectivity index (χ4n) is 5.15. The van der Waals surface area contributed by atoms with Crippen LogP contribution in [0.2, 0.25) is 0 Å². The van der Waals surface area contributed by atoms with Gasteiger partial charge in [-0.15, -0.1) is 0 Å². The molecule has 0 spiro atoms. The van der Waals surface area contributed by atoms with Gasteiger partial charge in [0, 0.05) is 37.8 Å². The highest BCUT2D eigenvalue weighted by molar-refractivity contribution is 5.81. The number of pyridine rings is 3. The van der Waals surface area contributed by atoms with E-state index in [0.717, 1.165) is 37.9 Å². The van der Waals surface area contributed by atoms with Gasteiger partial charge in [0.2, 0.25) is 0 Å². The van der Waals surface area contributed by atoms with Crippen LogP contribution in [0.3, 0.4) is 0 Å². The number of hydrogen-bond acceptors (Lipinski definition) is 8. The van der Waals surface area contributed by atoms with E-state index in [4.69, 9.17) is 9.47 Å². The second kappa shape index (κ2) is 7.67. The number of nitrogens with zero attached hydrogens (tertiary/aromatic N) is 4. The zero-order chi connectivity index (χ0) is 22.6. The van der Waals surface area contributed by atoms with Gasteiger partial charge in [-0.2, -0.15) is 0 Å². The van der Waals surface area contributed by atoms with Crippen LogP contribution in [0.15, 0.2) is 35.4 Å². The molecule has 0 unspecified atom stereocenters. The molecule has 6 heterocycles. The summed E-state index contributed by atoms with van der Waals surface area (Å²) in [6.07, 6.45) is 4.48. The molecular weight excluding hydrogens is 429 g/mol. The standard InChI is InChI=1S/C23H24FN5O4/c24-15-10-25-16-1-2-20(30)29-13-23(31,21(15)22(16)29)12-28-5-3-14(4-6-28)27-19-9-17-18(11-26-19)33-8-7-32-17/h1-2,9-11,14,31H,3-8,12-13H2,(H,26,27)/t23-/m1/s1. The lowest BCUT2D eigenvalue weighted by Gasteiger charge is -2.37. The van der Waals surface area contributed by atoms with Crippen molar-refractivity contribution in [1.82, 2.24) is 19.4 Å². The molecule has 33 heavy (non-hydrogen) atoms. The molecule has 2 N–H and O–H groups in total. The maximum absolute atomic E-state index is 14.8. The molecule has 3 aromatic rings. The highest BCUT2D eigenvalue weighted by Gasteiger charge is 2.43. The van der Waals surface area contributed by atoms with Crippen LogP contribution < -0.4 is 20.3 Å². The number of ether oxygens (including phenoxy) is 2. The summed E-state index contributed by atoms with van der Waals surface area (Å²) in [5, 5.41) is 14.9. The van der Waals surface area contributed by atoms with Gasteiger partial charge in [0.25, 0.3) is 5.56 Å². The predicted octanol–water partition coefficient (Wildman–Crippen LogP) is 1.48. The molecule has 3 aromatic heterocycles. The number of piperidine rings is 1. The monoisotopic (exact) mass is 453 g/mol. The Morgan fingerprint density at radius 1 is 1.15 bits per heavy atom. The highest BCUT2D eigenvalue weighted by atomic mass is 19.1. The second-order valence-electron chi connectivity index (χ2n) is 8.91. The molecule has 9 nitrogen and oxygen atoms in total. The molecule has 0 saturated carbocycles. The zero-order valence-corrected chi connectivity index (χ0v) is 18.0. The van der Waals surface area contributed by atoms with Crippen molar-refractivity contribution in [3.8, 4) is 11.5 Å². The van der Waals surface area contributed by atoms with Gasteiger partial charge in [0.15, 0.2) is 11.5 Å². The number of rotatable bonds is 4. The molecule has 0 radical (unpaired) electrons. The molecule has 0 aromatic carbocycles. The third-order valence-corrected chi connectivity index (χ3v) is 6.69. The maximum atomic E-state index is 14.8. The van der Waals surface area contributed by atoms with Crippen molar-refractivity contribution in [3.05, 3.63) is 52.3 Å². The summed E-state index contributed by atoms with van der Waals surface area (Å²) in [6, 6.07) is 5.06. The summed E-state index contributed by atoms with van der Waals surface area (Å²) in [6.45, 7) is 2.79. The van der Waals surface area contributed by atoms with Gasteiger partial charge in [-0.25, -0.2) is 9.37 Å². The summed E-state index contributed by atoms with van der Waals surface area (Å²) in [4.78, 5) is 23.0. The minimum Gasteiger partial charge on any atom is -0.486 e. The van der Waals surface area contributed by atoms with E-state index in [0.29, 0.717) is 35.7 Å². The van der Waals surface area contributed by atoms with Gasteiger partial charge in [-0.05, 0) is 18.9 Å². The van der Waals surface area contributed by atoms with E-state index in [1.165, 1.54) is 10.6 Å². The minimum absolute atomic E-state index is 0.0282. The first-order valence-corrected chi connectivity index (χ1v) is 11.2. The van der Waals surface area contributed by atoms with Crippen molar-refractivity contribution >= 4 is 16.9 Å². The molecule has 1 fully saturated rings. The third kappa shape index (κ3) is 3.50. The van der Waals surface area contributed by atoms with Gasteiger partial charge in [-0.1, -0.05) is 0 Å². The van der Waals surface area contributed by atoms with Crippen LogP contribution in [-0.2, 0) is 12.1 Å². The fraction of sp³-hybridized carbons (Fsp3) is 0.435. The van der Waals surface area contributed by atoms with E-state index >= 15 is 0 Å². The Labute approximate surface area is 188 Å². The Balaban J connectivity index is 1.14. The Bertz CT molecular complexity index is 1290. The van der Waals surface area contributed by atoms with E-state index in [-0.39, 0.29) is 30.3 Å². The lowest BCUT2D eigenvalue weighted by atomic mass is 9.93. The van der Waals surface area contributed by atoms with Crippen LogP contribution >= 0.6 is 0 Å². The summed E-state index contributed by atoms with van der Waals surface area (Å²) in [7, 11) is 0. The normalized spacial score (nSPS) is 22.6. The Morgan fingerprint density at radius 3 is 2.76 bits per heavy atom. The number of β-amino-alcohol motifs (C(OH)–C–C–N with tert-alkyl or cyclic N) is 1. The lowest BCUT2D eigenvalue weighted by molar-refractivity contribution is -0.0146. The van der Waals surface area contributed by atoms with Gasteiger partial charge in [0.05, 0.1) is 35.5 Å². The fourth-order valence-corrected chi connectivity index (χ4v) is 5.15. The minimum atomic E-state index is -1.48. The van der Waals surface area contributed by atoms with Crippen molar-refractivity contribution < 1.29 is 19.0 Å². The molecule has 0 aliphatic carbocycles.